The maximum atomic E-state index is 12.7. The monoisotopic (exact) mass is 576 g/mol. The first-order valence-electron chi connectivity index (χ1n) is 12.1. The quantitative estimate of drug-likeness (QED) is 0.159. The van der Waals surface area contributed by atoms with Gasteiger partial charge in [0.25, 0.3) is 5.91 Å². The van der Waals surface area contributed by atoms with E-state index in [0.717, 1.165) is 11.3 Å². The number of carbonyl (C=O) groups is 1. The minimum atomic E-state index is -4.68. The summed E-state index contributed by atoms with van der Waals surface area (Å²) in [6.07, 6.45) is -3.42. The van der Waals surface area contributed by atoms with Crippen LogP contribution in [-0.4, -0.2) is 49.1 Å². The van der Waals surface area contributed by atoms with Gasteiger partial charge in [0, 0.05) is 0 Å². The van der Waals surface area contributed by atoms with Gasteiger partial charge >= 0.3 is 6.18 Å². The molecule has 3 aromatic rings. The third-order valence-corrected chi connectivity index (χ3v) is 6.18. The Morgan fingerprint density at radius 2 is 1.75 bits per heavy atom. The number of nitriles is 1. The Bertz CT molecular complexity index is 1390. The number of rotatable bonds is 13. The van der Waals surface area contributed by atoms with Crippen molar-refractivity contribution >= 4 is 28.5 Å². The zero-order valence-corrected chi connectivity index (χ0v) is 22.8. The lowest BCUT2D eigenvalue weighted by Gasteiger charge is -2.13. The van der Waals surface area contributed by atoms with E-state index in [1.54, 1.807) is 31.2 Å². The van der Waals surface area contributed by atoms with Crippen LogP contribution in [0.5, 0.6) is 17.2 Å². The number of amides is 1. The van der Waals surface area contributed by atoms with E-state index in [1.807, 2.05) is 32.0 Å². The molecule has 0 unspecified atom stereocenters. The highest BCUT2D eigenvalue weighted by Crippen LogP contribution is 2.33. The summed E-state index contributed by atoms with van der Waals surface area (Å²) in [5.74, 6) is 0.673. The van der Waals surface area contributed by atoms with E-state index in [4.69, 9.17) is 18.9 Å². The first-order chi connectivity index (χ1) is 19.1. The predicted molar refractivity (Wildman–Crippen MR) is 142 cm³/mol. The van der Waals surface area contributed by atoms with Crippen molar-refractivity contribution in [1.29, 1.82) is 5.26 Å². The zero-order chi connectivity index (χ0) is 29.1. The van der Waals surface area contributed by atoms with Gasteiger partial charge in [0.2, 0.25) is 10.1 Å². The summed E-state index contributed by atoms with van der Waals surface area (Å²) in [4.78, 5) is 12.4. The molecular formula is C27H27F3N4O5S. The average molecular weight is 577 g/mol. The number of hydrogen-bond donors (Lipinski definition) is 1. The molecule has 0 aliphatic rings. The van der Waals surface area contributed by atoms with Crippen LogP contribution in [0.2, 0.25) is 0 Å². The molecule has 3 rings (SSSR count). The summed E-state index contributed by atoms with van der Waals surface area (Å²) in [6.45, 7) is 7.51. The van der Waals surface area contributed by atoms with Crippen LogP contribution in [0, 0.1) is 25.2 Å². The van der Waals surface area contributed by atoms with E-state index in [2.05, 4.69) is 15.5 Å². The van der Waals surface area contributed by atoms with E-state index in [9.17, 15) is 23.2 Å². The van der Waals surface area contributed by atoms with E-state index >= 15 is 0 Å². The molecule has 2 aromatic carbocycles. The molecule has 40 heavy (non-hydrogen) atoms. The van der Waals surface area contributed by atoms with Crippen molar-refractivity contribution in [3.63, 3.8) is 0 Å². The second-order valence-corrected chi connectivity index (χ2v) is 9.21. The molecule has 0 spiro atoms. The minimum Gasteiger partial charge on any atom is -0.491 e. The molecule has 9 nitrogen and oxygen atoms in total. The van der Waals surface area contributed by atoms with Crippen LogP contribution in [0.15, 0.2) is 42.0 Å². The highest BCUT2D eigenvalue weighted by Gasteiger charge is 2.35. The number of aryl methyl sites for hydroxylation is 2. The highest BCUT2D eigenvalue weighted by molar-refractivity contribution is 7.15. The fourth-order valence-electron chi connectivity index (χ4n) is 3.20. The van der Waals surface area contributed by atoms with E-state index in [0.29, 0.717) is 43.5 Å². The van der Waals surface area contributed by atoms with Crippen LogP contribution >= 0.6 is 11.3 Å². The van der Waals surface area contributed by atoms with Gasteiger partial charge in [0.1, 0.15) is 30.6 Å². The minimum absolute atomic E-state index is 0.157. The fraction of sp³-hybridized carbons (Fsp3) is 0.333. The smallest absolute Gasteiger partial charge is 0.445 e. The van der Waals surface area contributed by atoms with Crippen LogP contribution in [0.3, 0.4) is 0 Å². The lowest BCUT2D eigenvalue weighted by molar-refractivity contribution is -0.138. The molecular weight excluding hydrogens is 549 g/mol. The third kappa shape index (κ3) is 8.96. The van der Waals surface area contributed by atoms with Gasteiger partial charge in [-0.05, 0) is 67.8 Å². The van der Waals surface area contributed by atoms with Crippen molar-refractivity contribution in [2.45, 2.75) is 26.9 Å². The summed E-state index contributed by atoms with van der Waals surface area (Å²) in [7, 11) is 0. The van der Waals surface area contributed by atoms with Gasteiger partial charge in [-0.1, -0.05) is 23.5 Å². The Morgan fingerprint density at radius 3 is 2.40 bits per heavy atom. The number of benzene rings is 2. The van der Waals surface area contributed by atoms with Crippen LogP contribution < -0.4 is 19.5 Å². The van der Waals surface area contributed by atoms with Gasteiger partial charge in [0.05, 0.1) is 19.8 Å². The topological polar surface area (TPSA) is 116 Å². The lowest BCUT2D eigenvalue weighted by Crippen LogP contribution is -2.13. The van der Waals surface area contributed by atoms with Gasteiger partial charge in [-0.15, -0.1) is 10.2 Å². The van der Waals surface area contributed by atoms with Crippen molar-refractivity contribution in [3.8, 4) is 23.3 Å². The number of ether oxygens (including phenoxy) is 4. The van der Waals surface area contributed by atoms with Gasteiger partial charge in [0.15, 0.2) is 11.5 Å². The highest BCUT2D eigenvalue weighted by atomic mass is 32.1. The Kier molecular flexibility index (Phi) is 10.9. The predicted octanol–water partition coefficient (Wildman–Crippen LogP) is 5.59. The maximum absolute atomic E-state index is 12.7. The van der Waals surface area contributed by atoms with Crippen molar-refractivity contribution < 1.29 is 36.9 Å². The SMILES string of the molecule is CCOc1cc(/C=C(/C#N)C(=O)Nc2nnc(C(F)(F)F)s2)ccc1OCCOCCOc1ccc(C)c(C)c1. The maximum Gasteiger partial charge on any atom is 0.445 e. The number of carbonyl (C=O) groups excluding carboxylic acids is 1. The molecule has 0 aliphatic carbocycles. The van der Waals surface area contributed by atoms with E-state index < -0.39 is 17.1 Å². The van der Waals surface area contributed by atoms with Gasteiger partial charge < -0.3 is 18.9 Å². The summed E-state index contributed by atoms with van der Waals surface area (Å²) < 4.78 is 60.8. The molecule has 0 saturated carbocycles. The molecule has 13 heteroatoms. The number of nitrogens with one attached hydrogen (secondary N) is 1. The summed E-state index contributed by atoms with van der Waals surface area (Å²) in [5.41, 5.74) is 2.44. The Morgan fingerprint density at radius 1 is 1.00 bits per heavy atom. The second-order valence-electron chi connectivity index (χ2n) is 8.23. The van der Waals surface area contributed by atoms with Crippen molar-refractivity contribution in [3.05, 3.63) is 63.7 Å². The van der Waals surface area contributed by atoms with Gasteiger partial charge in [-0.3, -0.25) is 10.1 Å². The molecule has 1 amide bonds. The molecule has 1 heterocycles. The molecule has 1 N–H and O–H groups in total. The molecule has 0 saturated heterocycles. The van der Waals surface area contributed by atoms with Crippen LogP contribution in [0.4, 0.5) is 18.3 Å². The summed E-state index contributed by atoms with van der Waals surface area (Å²) in [6, 6.07) is 12.4. The van der Waals surface area contributed by atoms with Gasteiger partial charge in [-0.2, -0.15) is 18.4 Å². The van der Waals surface area contributed by atoms with Crippen molar-refractivity contribution in [2.24, 2.45) is 0 Å². The number of halogens is 3. The van der Waals surface area contributed by atoms with Crippen LogP contribution in [0.1, 0.15) is 28.6 Å². The molecule has 0 atom stereocenters. The summed E-state index contributed by atoms with van der Waals surface area (Å²) in [5, 5.41) is 16.3. The lowest BCUT2D eigenvalue weighted by atomic mass is 10.1. The molecule has 0 fully saturated rings. The second kappa shape index (κ2) is 14.3. The normalized spacial score (nSPS) is 11.6. The van der Waals surface area contributed by atoms with Gasteiger partial charge in [-0.25, -0.2) is 0 Å². The first kappa shape index (κ1) is 30.4. The van der Waals surface area contributed by atoms with Crippen LogP contribution in [0.25, 0.3) is 6.08 Å². The molecule has 0 radical (unpaired) electrons. The largest absolute Gasteiger partial charge is 0.491 e. The number of anilines is 1. The number of aromatic nitrogens is 2. The fourth-order valence-corrected chi connectivity index (χ4v) is 3.81. The van der Waals surface area contributed by atoms with E-state index in [-0.39, 0.29) is 28.6 Å². The third-order valence-electron chi connectivity index (χ3n) is 5.29. The number of nitrogens with zero attached hydrogens (tertiary/aromatic N) is 3. The van der Waals surface area contributed by atoms with Crippen LogP contribution in [-0.2, 0) is 15.7 Å². The van der Waals surface area contributed by atoms with E-state index in [1.165, 1.54) is 11.6 Å². The number of hydrogen-bond acceptors (Lipinski definition) is 9. The Labute approximate surface area is 233 Å². The molecule has 0 aliphatic heterocycles. The number of alkyl halides is 3. The first-order valence-corrected chi connectivity index (χ1v) is 12.9. The molecule has 0 bridgehead atoms. The average Bonchev–Trinajstić information content (AvgIpc) is 3.39. The Balaban J connectivity index is 1.53. The standard InChI is InChI=1S/C27H27F3N4O5S/c1-4-37-23-15-19(14-20(16-31)24(35)32-26-34-33-25(40-26)27(28,29)30)6-8-22(23)39-12-10-36-9-11-38-21-7-5-17(2)18(3)13-21/h5-8,13-15H,4,9-12H2,1-3H3,(H,32,34,35)/b20-14-. The Hall–Kier alpha value is -4.15. The van der Waals surface area contributed by atoms with Crippen molar-refractivity contribution in [1.82, 2.24) is 10.2 Å². The molecule has 212 valence electrons. The summed E-state index contributed by atoms with van der Waals surface area (Å²) >= 11 is 0.157. The molecule has 1 aromatic heterocycles. The van der Waals surface area contributed by atoms with Crippen molar-refractivity contribution in [2.75, 3.05) is 38.4 Å². The zero-order valence-electron chi connectivity index (χ0n) is 22.0.